The van der Waals surface area contributed by atoms with Crippen LogP contribution in [0.25, 0.3) is 0 Å². The molecule has 5 heteroatoms. The second-order valence-electron chi connectivity index (χ2n) is 6.15. The lowest BCUT2D eigenvalue weighted by Crippen LogP contribution is -2.50. The third kappa shape index (κ3) is 4.22. The number of benzene rings is 1. The maximum absolute atomic E-state index is 13.2. The Morgan fingerprint density at radius 1 is 1.19 bits per heavy atom. The lowest BCUT2D eigenvalue weighted by molar-refractivity contribution is -0.0712. The highest BCUT2D eigenvalue weighted by atomic mass is 19.2. The summed E-state index contributed by atoms with van der Waals surface area (Å²) in [5.74, 6) is -1.56. The maximum atomic E-state index is 13.2. The van der Waals surface area contributed by atoms with E-state index in [-0.39, 0.29) is 5.60 Å². The highest BCUT2D eigenvalue weighted by Gasteiger charge is 2.34. The molecule has 21 heavy (non-hydrogen) atoms. The molecule has 0 aliphatic carbocycles. The summed E-state index contributed by atoms with van der Waals surface area (Å²) in [4.78, 5) is 4.41. The summed E-state index contributed by atoms with van der Waals surface area (Å²) in [6.45, 7) is 3.36. The highest BCUT2D eigenvalue weighted by molar-refractivity contribution is 5.17. The van der Waals surface area contributed by atoms with Gasteiger partial charge in [-0.1, -0.05) is 6.07 Å². The summed E-state index contributed by atoms with van der Waals surface area (Å²) in [5, 5.41) is 0. The van der Waals surface area contributed by atoms with Crippen molar-refractivity contribution in [2.75, 3.05) is 40.8 Å². The Morgan fingerprint density at radius 2 is 1.86 bits per heavy atom. The third-order valence-electron chi connectivity index (χ3n) is 4.19. The fourth-order valence-electron chi connectivity index (χ4n) is 3.02. The Morgan fingerprint density at radius 3 is 2.38 bits per heavy atom. The van der Waals surface area contributed by atoms with Gasteiger partial charge in [0.1, 0.15) is 0 Å². The van der Waals surface area contributed by atoms with E-state index in [4.69, 9.17) is 4.74 Å². The van der Waals surface area contributed by atoms with Gasteiger partial charge < -0.3 is 9.64 Å². The molecule has 0 saturated carbocycles. The van der Waals surface area contributed by atoms with Crippen molar-refractivity contribution in [1.82, 2.24) is 9.80 Å². The van der Waals surface area contributed by atoms with Crippen molar-refractivity contribution in [3.63, 3.8) is 0 Å². The molecule has 118 valence electrons. The minimum atomic E-state index is -0.790. The van der Waals surface area contributed by atoms with E-state index < -0.39 is 11.6 Å². The zero-order valence-corrected chi connectivity index (χ0v) is 13.0. The summed E-state index contributed by atoms with van der Waals surface area (Å²) in [6.07, 6.45) is 1.90. The van der Waals surface area contributed by atoms with E-state index >= 15 is 0 Å². The molecular weight excluding hydrogens is 274 g/mol. The monoisotopic (exact) mass is 298 g/mol. The Kier molecular flexibility index (Phi) is 5.30. The highest BCUT2D eigenvalue weighted by Crippen LogP contribution is 2.27. The lowest BCUT2D eigenvalue weighted by atomic mass is 9.90. The normalized spacial score (nSPS) is 19.1. The fourth-order valence-corrected chi connectivity index (χ4v) is 3.02. The Labute approximate surface area is 125 Å². The summed E-state index contributed by atoms with van der Waals surface area (Å²) in [7, 11) is 5.87. The van der Waals surface area contributed by atoms with Crippen LogP contribution >= 0.6 is 0 Å². The number of hydrogen-bond acceptors (Lipinski definition) is 3. The van der Waals surface area contributed by atoms with Crippen molar-refractivity contribution >= 4 is 0 Å². The molecule has 0 spiro atoms. The molecule has 3 nitrogen and oxygen atoms in total. The van der Waals surface area contributed by atoms with Gasteiger partial charge in [-0.25, -0.2) is 8.78 Å². The second kappa shape index (κ2) is 6.81. The molecule has 0 bridgehead atoms. The van der Waals surface area contributed by atoms with Gasteiger partial charge in [0.25, 0.3) is 0 Å². The number of halogens is 2. The van der Waals surface area contributed by atoms with Crippen LogP contribution in [0.15, 0.2) is 18.2 Å². The van der Waals surface area contributed by atoms with E-state index in [2.05, 4.69) is 23.9 Å². The van der Waals surface area contributed by atoms with Gasteiger partial charge in [0.05, 0.1) is 5.60 Å². The van der Waals surface area contributed by atoms with E-state index in [1.807, 2.05) is 0 Å². The van der Waals surface area contributed by atoms with Gasteiger partial charge in [0.2, 0.25) is 0 Å². The van der Waals surface area contributed by atoms with Crippen LogP contribution in [0.1, 0.15) is 18.4 Å². The minimum absolute atomic E-state index is 0.0892. The average Bonchev–Trinajstić information content (AvgIpc) is 2.45. The van der Waals surface area contributed by atoms with Crippen LogP contribution in [0.3, 0.4) is 0 Å². The van der Waals surface area contributed by atoms with Gasteiger partial charge in [-0.05, 0) is 44.6 Å². The Hall–Kier alpha value is -1.04. The standard InChI is InChI=1S/C16H24F2N2O/c1-19(2)12-16(21-3)6-8-20(9-7-16)11-13-4-5-14(17)15(18)10-13/h4-5,10H,6-9,11-12H2,1-3H3. The van der Waals surface area contributed by atoms with E-state index in [0.29, 0.717) is 6.54 Å². The summed E-state index contributed by atoms with van der Waals surface area (Å²) < 4.78 is 31.9. The van der Waals surface area contributed by atoms with E-state index in [1.54, 1.807) is 13.2 Å². The minimum Gasteiger partial charge on any atom is -0.377 e. The Bertz CT molecular complexity index is 471. The third-order valence-corrected chi connectivity index (χ3v) is 4.19. The van der Waals surface area contributed by atoms with Crippen molar-refractivity contribution in [2.45, 2.75) is 25.0 Å². The van der Waals surface area contributed by atoms with Crippen LogP contribution in [-0.2, 0) is 11.3 Å². The summed E-state index contributed by atoms with van der Waals surface area (Å²) in [5.41, 5.74) is 0.722. The first-order chi connectivity index (χ1) is 9.94. The van der Waals surface area contributed by atoms with Gasteiger partial charge in [-0.15, -0.1) is 0 Å². The smallest absolute Gasteiger partial charge is 0.159 e. The van der Waals surface area contributed by atoms with Crippen LogP contribution in [-0.4, -0.2) is 56.2 Å². The first kappa shape index (κ1) is 16.3. The largest absolute Gasteiger partial charge is 0.377 e. The van der Waals surface area contributed by atoms with Crippen molar-refractivity contribution in [1.29, 1.82) is 0 Å². The molecule has 0 N–H and O–H groups in total. The molecule has 0 radical (unpaired) electrons. The van der Waals surface area contributed by atoms with Crippen LogP contribution in [0.5, 0.6) is 0 Å². The molecule has 0 amide bonds. The SMILES string of the molecule is COC1(CN(C)C)CCN(Cc2ccc(F)c(F)c2)CC1. The molecule has 1 saturated heterocycles. The van der Waals surface area contributed by atoms with Gasteiger partial charge in [0.15, 0.2) is 11.6 Å². The molecule has 1 heterocycles. The first-order valence-electron chi connectivity index (χ1n) is 7.30. The molecule has 2 rings (SSSR count). The van der Waals surface area contributed by atoms with E-state index in [9.17, 15) is 8.78 Å². The second-order valence-corrected chi connectivity index (χ2v) is 6.15. The first-order valence-corrected chi connectivity index (χ1v) is 7.30. The van der Waals surface area contributed by atoms with Crippen molar-refractivity contribution in [3.8, 4) is 0 Å². The number of rotatable bonds is 5. The molecular formula is C16H24F2N2O. The number of nitrogens with zero attached hydrogens (tertiary/aromatic N) is 2. The van der Waals surface area contributed by atoms with Gasteiger partial charge in [-0.3, -0.25) is 4.90 Å². The zero-order valence-electron chi connectivity index (χ0n) is 13.0. The Balaban J connectivity index is 1.92. The van der Waals surface area contributed by atoms with Crippen LogP contribution in [0, 0.1) is 11.6 Å². The lowest BCUT2D eigenvalue weighted by Gasteiger charge is -2.42. The van der Waals surface area contributed by atoms with Crippen molar-refractivity contribution < 1.29 is 13.5 Å². The maximum Gasteiger partial charge on any atom is 0.159 e. The van der Waals surface area contributed by atoms with E-state index in [1.165, 1.54) is 12.1 Å². The van der Waals surface area contributed by atoms with Gasteiger partial charge >= 0.3 is 0 Å². The molecule has 0 aromatic heterocycles. The molecule has 1 aromatic rings. The predicted molar refractivity (Wildman–Crippen MR) is 79.2 cm³/mol. The molecule has 0 unspecified atom stereocenters. The van der Waals surface area contributed by atoms with Gasteiger partial charge in [0, 0.05) is 33.3 Å². The van der Waals surface area contributed by atoms with Gasteiger partial charge in [-0.2, -0.15) is 0 Å². The van der Waals surface area contributed by atoms with Crippen molar-refractivity contribution in [3.05, 3.63) is 35.4 Å². The van der Waals surface area contributed by atoms with Crippen molar-refractivity contribution in [2.24, 2.45) is 0 Å². The molecule has 1 aromatic carbocycles. The number of piperidine rings is 1. The van der Waals surface area contributed by atoms with Crippen LogP contribution in [0.4, 0.5) is 8.78 Å². The molecule has 1 aliphatic rings. The number of methoxy groups -OCH3 is 1. The fraction of sp³-hybridized carbons (Fsp3) is 0.625. The molecule has 0 atom stereocenters. The van der Waals surface area contributed by atoms with Crippen LogP contribution < -0.4 is 0 Å². The average molecular weight is 298 g/mol. The summed E-state index contributed by atoms with van der Waals surface area (Å²) in [6, 6.07) is 4.13. The number of likely N-dealkylation sites (N-methyl/N-ethyl adjacent to an activating group) is 1. The van der Waals surface area contributed by atoms with E-state index in [0.717, 1.165) is 38.0 Å². The predicted octanol–water partition coefficient (Wildman–Crippen LogP) is 2.51. The summed E-state index contributed by atoms with van der Waals surface area (Å²) >= 11 is 0. The topological polar surface area (TPSA) is 15.7 Å². The number of likely N-dealkylation sites (tertiary alicyclic amines) is 1. The number of ether oxygens (including phenoxy) is 1. The number of hydrogen-bond donors (Lipinski definition) is 0. The molecule has 1 aliphatic heterocycles. The zero-order chi connectivity index (χ0) is 15.5. The molecule has 1 fully saturated rings. The van der Waals surface area contributed by atoms with Crippen LogP contribution in [0.2, 0.25) is 0 Å². The quantitative estimate of drug-likeness (QED) is 0.831.